The number of hydrogen-bond donors (Lipinski definition) is 0. The third kappa shape index (κ3) is 4.10. The monoisotopic (exact) mass is 692 g/mol. The summed E-state index contributed by atoms with van der Waals surface area (Å²) in [6, 6.07) is 65.3. The summed E-state index contributed by atoms with van der Waals surface area (Å²) in [6.45, 7) is 2.43. The molecule has 11 rings (SSSR count). The van der Waals surface area contributed by atoms with Gasteiger partial charge in [-0.05, 0) is 110 Å². The van der Waals surface area contributed by atoms with Crippen molar-refractivity contribution < 1.29 is 4.11 Å². The lowest BCUT2D eigenvalue weighted by molar-refractivity contribution is 0.660. The number of hydrogen-bond acceptors (Lipinski definition) is 1. The van der Waals surface area contributed by atoms with Gasteiger partial charge >= 0.3 is 0 Å². The molecule has 0 amide bonds. The number of anilines is 3. The van der Waals surface area contributed by atoms with Crippen LogP contribution in [0.2, 0.25) is 0 Å². The van der Waals surface area contributed by atoms with Crippen molar-refractivity contribution >= 4 is 17.1 Å². The molecule has 0 radical (unpaired) electrons. The predicted octanol–water partition coefficient (Wildman–Crippen LogP) is 13.8. The molecular formula is C53H39N. The fraction of sp³-hybridized carbons (Fsp3) is 0.0943. The molecule has 1 heteroatoms. The Bertz CT molecular complexity index is 2890. The number of aryl methyl sites for hydroxylation is 1. The number of para-hydroxylation sites is 1. The van der Waals surface area contributed by atoms with Gasteiger partial charge in [-0.3, -0.25) is 0 Å². The molecule has 0 N–H and O–H groups in total. The Hall–Kier alpha value is -6.44. The fourth-order valence-electron chi connectivity index (χ4n) is 10.1. The first-order chi connectivity index (χ1) is 27.7. The Kier molecular flexibility index (Phi) is 5.87. The van der Waals surface area contributed by atoms with Gasteiger partial charge in [-0.2, -0.15) is 0 Å². The van der Waals surface area contributed by atoms with E-state index < -0.39 is 12.3 Å². The van der Waals surface area contributed by atoms with Crippen molar-refractivity contribution in [2.75, 3.05) is 4.90 Å². The number of rotatable bonds is 4. The highest BCUT2D eigenvalue weighted by molar-refractivity contribution is 5.97. The molecule has 8 aromatic rings. The van der Waals surface area contributed by atoms with Crippen molar-refractivity contribution in [1.82, 2.24) is 0 Å². The molecule has 1 nitrogen and oxygen atoms in total. The van der Waals surface area contributed by atoms with Crippen LogP contribution >= 0.6 is 0 Å². The maximum Gasteiger partial charge on any atom is 0.0726 e. The third-order valence-electron chi connectivity index (χ3n) is 12.4. The standard InChI is InChI=1S/C53H39N/c1-34-15-14-16-35(31-34)38-17-8-13-26-51(38)54(36-27-29-43-39-18-4-9-22-45(39)52(2,3)49(43)32-36)37-28-30-44-42-21-7-12-25-48(42)53(50(44)33-37)46-23-10-5-19-40(46)41-20-6-11-24-47(41)53/h4-33H,1-3H3/i1D3. The molecule has 0 fully saturated rings. The summed E-state index contributed by atoms with van der Waals surface area (Å²) >= 11 is 0. The summed E-state index contributed by atoms with van der Waals surface area (Å²) in [5.74, 6) is 0. The zero-order chi connectivity index (χ0) is 38.7. The van der Waals surface area contributed by atoms with Crippen molar-refractivity contribution in [3.05, 3.63) is 221 Å². The summed E-state index contributed by atoms with van der Waals surface area (Å²) in [5.41, 5.74) is 19.9. The Morgan fingerprint density at radius 1 is 0.389 bits per heavy atom. The van der Waals surface area contributed by atoms with Gasteiger partial charge < -0.3 is 4.90 Å². The lowest BCUT2D eigenvalue weighted by atomic mass is 9.70. The minimum Gasteiger partial charge on any atom is -0.310 e. The van der Waals surface area contributed by atoms with Crippen LogP contribution < -0.4 is 4.90 Å². The maximum atomic E-state index is 8.23. The molecule has 0 saturated carbocycles. The van der Waals surface area contributed by atoms with Gasteiger partial charge in [0.15, 0.2) is 0 Å². The Morgan fingerprint density at radius 2 is 0.852 bits per heavy atom. The summed E-state index contributed by atoms with van der Waals surface area (Å²) < 4.78 is 24.7. The molecule has 3 aliphatic rings. The lowest BCUT2D eigenvalue weighted by Crippen LogP contribution is -2.26. The predicted molar refractivity (Wildman–Crippen MR) is 225 cm³/mol. The summed E-state index contributed by atoms with van der Waals surface area (Å²) in [4.78, 5) is 2.39. The largest absolute Gasteiger partial charge is 0.310 e. The molecule has 256 valence electrons. The zero-order valence-corrected chi connectivity index (χ0v) is 30.3. The fourth-order valence-corrected chi connectivity index (χ4v) is 10.1. The van der Waals surface area contributed by atoms with E-state index in [-0.39, 0.29) is 5.41 Å². The summed E-state index contributed by atoms with van der Waals surface area (Å²) in [5, 5.41) is 0. The van der Waals surface area contributed by atoms with Gasteiger partial charge in [0.2, 0.25) is 0 Å². The van der Waals surface area contributed by atoms with Gasteiger partial charge in [0.05, 0.1) is 11.1 Å². The quantitative estimate of drug-likeness (QED) is 0.177. The van der Waals surface area contributed by atoms with E-state index in [1.165, 1.54) is 66.8 Å². The first-order valence-corrected chi connectivity index (χ1v) is 18.9. The first-order valence-electron chi connectivity index (χ1n) is 20.4. The number of nitrogens with zero attached hydrogens (tertiary/aromatic N) is 1. The number of benzene rings is 8. The van der Waals surface area contributed by atoms with Crippen LogP contribution in [0.15, 0.2) is 182 Å². The van der Waals surface area contributed by atoms with Crippen LogP contribution in [0.4, 0.5) is 17.1 Å². The Labute approximate surface area is 322 Å². The Balaban J connectivity index is 1.19. The lowest BCUT2D eigenvalue weighted by Gasteiger charge is -2.33. The molecule has 0 saturated heterocycles. The molecular weight excluding hydrogens is 651 g/mol. The average molecular weight is 693 g/mol. The van der Waals surface area contributed by atoms with Crippen LogP contribution in [0.3, 0.4) is 0 Å². The second-order valence-electron chi connectivity index (χ2n) is 15.5. The normalized spacial score (nSPS) is 15.6. The summed E-state index contributed by atoms with van der Waals surface area (Å²) in [7, 11) is 0. The van der Waals surface area contributed by atoms with Crippen molar-refractivity contribution in [1.29, 1.82) is 0 Å². The van der Waals surface area contributed by atoms with Crippen LogP contribution in [0.1, 0.15) is 56.9 Å². The SMILES string of the molecule is [2H]C([2H])([2H])c1cccc(-c2ccccc2N(c2ccc3c(c2)C(C)(C)c2ccccc2-3)c2ccc3c(c2)C2(c4ccccc4-c4ccccc42)c2ccccc2-3)c1. The molecule has 54 heavy (non-hydrogen) atoms. The Morgan fingerprint density at radius 3 is 1.44 bits per heavy atom. The van der Waals surface area contributed by atoms with Crippen LogP contribution in [-0.2, 0) is 10.8 Å². The van der Waals surface area contributed by atoms with E-state index >= 15 is 0 Å². The van der Waals surface area contributed by atoms with Crippen LogP contribution in [-0.4, -0.2) is 0 Å². The molecule has 8 aromatic carbocycles. The molecule has 0 heterocycles. The zero-order valence-electron chi connectivity index (χ0n) is 33.3. The second kappa shape index (κ2) is 11.3. The van der Waals surface area contributed by atoms with Gasteiger partial charge in [0, 0.05) is 26.5 Å². The van der Waals surface area contributed by atoms with Crippen molar-refractivity contribution in [3.63, 3.8) is 0 Å². The van der Waals surface area contributed by atoms with E-state index in [1.807, 2.05) is 24.3 Å². The van der Waals surface area contributed by atoms with Crippen molar-refractivity contribution in [2.45, 2.75) is 31.5 Å². The smallest absolute Gasteiger partial charge is 0.0726 e. The van der Waals surface area contributed by atoms with E-state index in [0.717, 1.165) is 28.2 Å². The van der Waals surface area contributed by atoms with E-state index in [1.54, 1.807) is 6.07 Å². The van der Waals surface area contributed by atoms with Gasteiger partial charge in [0.25, 0.3) is 0 Å². The molecule has 0 aromatic heterocycles. The minimum atomic E-state index is -2.22. The van der Waals surface area contributed by atoms with Gasteiger partial charge in [-0.25, -0.2) is 0 Å². The maximum absolute atomic E-state index is 8.23. The van der Waals surface area contributed by atoms with E-state index in [4.69, 9.17) is 4.11 Å². The molecule has 0 atom stereocenters. The number of fused-ring (bicyclic) bond motifs is 13. The van der Waals surface area contributed by atoms with Crippen LogP contribution in [0.5, 0.6) is 0 Å². The average Bonchev–Trinajstić information content (AvgIpc) is 3.79. The van der Waals surface area contributed by atoms with Gasteiger partial charge in [-0.15, -0.1) is 0 Å². The van der Waals surface area contributed by atoms with Crippen LogP contribution in [0, 0.1) is 6.85 Å². The molecule has 3 aliphatic carbocycles. The molecule has 0 bridgehead atoms. The highest BCUT2D eigenvalue weighted by Crippen LogP contribution is 2.63. The van der Waals surface area contributed by atoms with E-state index in [0.29, 0.717) is 5.56 Å². The minimum absolute atomic E-state index is 0.192. The van der Waals surface area contributed by atoms with Crippen LogP contribution in [0.25, 0.3) is 44.5 Å². The second-order valence-corrected chi connectivity index (χ2v) is 15.5. The van der Waals surface area contributed by atoms with E-state index in [2.05, 4.69) is 170 Å². The molecule has 0 aliphatic heterocycles. The van der Waals surface area contributed by atoms with Gasteiger partial charge in [0.1, 0.15) is 0 Å². The van der Waals surface area contributed by atoms with E-state index in [9.17, 15) is 0 Å². The third-order valence-corrected chi connectivity index (χ3v) is 12.4. The van der Waals surface area contributed by atoms with Crippen molar-refractivity contribution in [2.24, 2.45) is 0 Å². The molecule has 0 unspecified atom stereocenters. The molecule has 1 spiro atoms. The highest BCUT2D eigenvalue weighted by atomic mass is 15.1. The van der Waals surface area contributed by atoms with Crippen molar-refractivity contribution in [3.8, 4) is 44.5 Å². The topological polar surface area (TPSA) is 3.24 Å². The van der Waals surface area contributed by atoms with Gasteiger partial charge in [-0.1, -0.05) is 171 Å². The first kappa shape index (κ1) is 28.1. The summed E-state index contributed by atoms with van der Waals surface area (Å²) in [6.07, 6.45) is 0. The highest BCUT2D eigenvalue weighted by Gasteiger charge is 2.51.